The molecule has 5 heteroatoms. The highest BCUT2D eigenvalue weighted by Gasteiger charge is 2.18. The Morgan fingerprint density at radius 1 is 1.50 bits per heavy atom. The Labute approximate surface area is 113 Å². The maximum absolute atomic E-state index is 11.8. The van der Waals surface area contributed by atoms with Crippen molar-refractivity contribution in [2.45, 2.75) is 52.5 Å². The number of nitrogens with zero attached hydrogens (tertiary/aromatic N) is 1. The Morgan fingerprint density at radius 3 is 2.67 bits per heavy atom. The predicted molar refractivity (Wildman–Crippen MR) is 77.2 cm³/mol. The molecule has 1 amide bonds. The topological polar surface area (TPSA) is 54.0 Å². The molecule has 0 aliphatic carbocycles. The van der Waals surface area contributed by atoms with Crippen molar-refractivity contribution in [3.63, 3.8) is 0 Å². The summed E-state index contributed by atoms with van der Waals surface area (Å²) in [6.07, 6.45) is 0.471. The van der Waals surface area contributed by atoms with Crippen LogP contribution in [-0.2, 0) is 10.2 Å². The summed E-state index contributed by atoms with van der Waals surface area (Å²) in [5.41, 5.74) is 1.04. The summed E-state index contributed by atoms with van der Waals surface area (Å²) in [5.74, 6) is 0.0123. The maximum Gasteiger partial charge on any atom is 0.227 e. The lowest BCUT2D eigenvalue weighted by Gasteiger charge is -2.14. The maximum atomic E-state index is 11.8. The van der Waals surface area contributed by atoms with E-state index in [0.29, 0.717) is 11.6 Å². The van der Waals surface area contributed by atoms with Gasteiger partial charge in [0.2, 0.25) is 5.91 Å². The van der Waals surface area contributed by atoms with Crippen molar-refractivity contribution < 1.29 is 4.79 Å². The first-order chi connectivity index (χ1) is 8.32. The van der Waals surface area contributed by atoms with Crippen LogP contribution in [0.4, 0.5) is 5.13 Å². The molecule has 1 unspecified atom stereocenters. The van der Waals surface area contributed by atoms with Crippen LogP contribution in [0.3, 0.4) is 0 Å². The van der Waals surface area contributed by atoms with Crippen LogP contribution in [0.1, 0.15) is 46.7 Å². The molecule has 0 aliphatic heterocycles. The van der Waals surface area contributed by atoms with Crippen molar-refractivity contribution in [3.05, 3.63) is 11.1 Å². The molecule has 18 heavy (non-hydrogen) atoms. The number of hydrogen-bond acceptors (Lipinski definition) is 4. The van der Waals surface area contributed by atoms with E-state index in [9.17, 15) is 4.79 Å². The quantitative estimate of drug-likeness (QED) is 0.864. The Balaban J connectivity index is 2.52. The van der Waals surface area contributed by atoms with Crippen molar-refractivity contribution in [2.75, 3.05) is 11.9 Å². The average Bonchev–Trinajstić information content (AvgIpc) is 2.65. The Morgan fingerprint density at radius 2 is 2.17 bits per heavy atom. The molecule has 0 aromatic carbocycles. The Hall–Kier alpha value is -0.940. The van der Waals surface area contributed by atoms with Crippen LogP contribution in [0.2, 0.25) is 0 Å². The summed E-state index contributed by atoms with van der Waals surface area (Å²) in [4.78, 5) is 16.2. The summed E-state index contributed by atoms with van der Waals surface area (Å²) >= 11 is 1.48. The second-order valence-corrected chi connectivity index (χ2v) is 6.36. The molecule has 0 bridgehead atoms. The number of nitrogens with one attached hydrogen (secondary N) is 2. The van der Waals surface area contributed by atoms with Gasteiger partial charge in [-0.05, 0) is 13.5 Å². The minimum absolute atomic E-state index is 0.0123. The standard InChI is InChI=1S/C13H23N3OS/c1-6-14-9(2)7-11(17)16-12-15-10(8-18-12)13(3,4)5/h8-9,14H,6-7H2,1-5H3,(H,15,16,17). The van der Waals surface area contributed by atoms with Gasteiger partial charge in [-0.15, -0.1) is 11.3 Å². The average molecular weight is 269 g/mol. The molecular formula is C13H23N3OS. The summed E-state index contributed by atoms with van der Waals surface area (Å²) in [5, 5.41) is 8.76. The minimum atomic E-state index is 0.0123. The molecule has 2 N–H and O–H groups in total. The molecule has 1 aromatic heterocycles. The van der Waals surface area contributed by atoms with Crippen LogP contribution in [-0.4, -0.2) is 23.5 Å². The minimum Gasteiger partial charge on any atom is -0.314 e. The van der Waals surface area contributed by atoms with Gasteiger partial charge in [0.15, 0.2) is 5.13 Å². The summed E-state index contributed by atoms with van der Waals surface area (Å²) in [6, 6.07) is 0.192. The van der Waals surface area contributed by atoms with E-state index >= 15 is 0 Å². The predicted octanol–water partition coefficient (Wildman–Crippen LogP) is 2.77. The fourth-order valence-corrected chi connectivity index (χ4v) is 2.50. The number of anilines is 1. The molecule has 0 radical (unpaired) electrons. The highest BCUT2D eigenvalue weighted by atomic mass is 32.1. The molecule has 4 nitrogen and oxygen atoms in total. The van der Waals surface area contributed by atoms with E-state index in [1.165, 1.54) is 11.3 Å². The summed E-state index contributed by atoms with van der Waals surface area (Å²) < 4.78 is 0. The second-order valence-electron chi connectivity index (χ2n) is 5.50. The summed E-state index contributed by atoms with van der Waals surface area (Å²) in [6.45, 7) is 11.2. The third-order valence-corrected chi connectivity index (χ3v) is 3.32. The molecule has 1 aromatic rings. The number of amides is 1. The first-order valence-corrected chi connectivity index (χ1v) is 7.20. The van der Waals surface area contributed by atoms with E-state index in [1.54, 1.807) is 0 Å². The first-order valence-electron chi connectivity index (χ1n) is 6.32. The number of aromatic nitrogens is 1. The molecule has 0 saturated heterocycles. The number of carbonyl (C=O) groups excluding carboxylic acids is 1. The molecule has 0 fully saturated rings. The second kappa shape index (κ2) is 6.29. The fraction of sp³-hybridized carbons (Fsp3) is 0.692. The molecule has 0 spiro atoms. The zero-order valence-electron chi connectivity index (χ0n) is 11.8. The normalized spacial score (nSPS) is 13.4. The summed E-state index contributed by atoms with van der Waals surface area (Å²) in [7, 11) is 0. The zero-order chi connectivity index (χ0) is 13.8. The first kappa shape index (κ1) is 15.1. The zero-order valence-corrected chi connectivity index (χ0v) is 12.6. The molecule has 1 atom stereocenters. The van der Waals surface area contributed by atoms with Crippen molar-refractivity contribution >= 4 is 22.4 Å². The molecular weight excluding hydrogens is 246 g/mol. The van der Waals surface area contributed by atoms with E-state index in [-0.39, 0.29) is 17.4 Å². The van der Waals surface area contributed by atoms with Gasteiger partial charge in [0.1, 0.15) is 0 Å². The van der Waals surface area contributed by atoms with E-state index in [4.69, 9.17) is 0 Å². The van der Waals surface area contributed by atoms with Crippen molar-refractivity contribution in [1.82, 2.24) is 10.3 Å². The SMILES string of the molecule is CCNC(C)CC(=O)Nc1nc(C(C)(C)C)cs1. The lowest BCUT2D eigenvalue weighted by atomic mass is 9.93. The van der Waals surface area contributed by atoms with Crippen LogP contribution in [0.15, 0.2) is 5.38 Å². The third-order valence-electron chi connectivity index (χ3n) is 2.56. The molecule has 102 valence electrons. The van der Waals surface area contributed by atoms with Gasteiger partial charge in [-0.1, -0.05) is 27.7 Å². The highest BCUT2D eigenvalue weighted by Crippen LogP contribution is 2.26. The van der Waals surface area contributed by atoms with Gasteiger partial charge in [-0.3, -0.25) is 4.79 Å². The highest BCUT2D eigenvalue weighted by molar-refractivity contribution is 7.13. The number of carbonyl (C=O) groups is 1. The largest absolute Gasteiger partial charge is 0.314 e. The van der Waals surface area contributed by atoms with Crippen molar-refractivity contribution in [3.8, 4) is 0 Å². The van der Waals surface area contributed by atoms with Gasteiger partial charge in [0.05, 0.1) is 5.69 Å². The van der Waals surface area contributed by atoms with Crippen LogP contribution in [0.5, 0.6) is 0 Å². The van der Waals surface area contributed by atoms with Crippen LogP contribution >= 0.6 is 11.3 Å². The van der Waals surface area contributed by atoms with E-state index in [2.05, 4.69) is 36.4 Å². The van der Waals surface area contributed by atoms with Crippen molar-refractivity contribution in [1.29, 1.82) is 0 Å². The molecule has 0 saturated carbocycles. The van der Waals surface area contributed by atoms with Gasteiger partial charge in [-0.2, -0.15) is 0 Å². The van der Waals surface area contributed by atoms with Gasteiger partial charge in [0.25, 0.3) is 0 Å². The monoisotopic (exact) mass is 269 g/mol. The van der Waals surface area contributed by atoms with Gasteiger partial charge in [-0.25, -0.2) is 4.98 Å². The lowest BCUT2D eigenvalue weighted by Crippen LogP contribution is -2.30. The Bertz CT molecular complexity index is 395. The van der Waals surface area contributed by atoms with Gasteiger partial charge in [0, 0.05) is 23.3 Å². The van der Waals surface area contributed by atoms with E-state index in [0.717, 1.165) is 12.2 Å². The Kier molecular flexibility index (Phi) is 5.28. The lowest BCUT2D eigenvalue weighted by molar-refractivity contribution is -0.116. The smallest absolute Gasteiger partial charge is 0.227 e. The van der Waals surface area contributed by atoms with E-state index in [1.807, 2.05) is 19.2 Å². The van der Waals surface area contributed by atoms with Gasteiger partial charge < -0.3 is 10.6 Å². The fourth-order valence-electron chi connectivity index (χ4n) is 1.54. The third kappa shape index (κ3) is 4.74. The molecule has 1 rings (SSSR count). The molecule has 1 heterocycles. The molecule has 0 aliphatic rings. The number of hydrogen-bond donors (Lipinski definition) is 2. The van der Waals surface area contributed by atoms with E-state index < -0.39 is 0 Å². The van der Waals surface area contributed by atoms with Crippen LogP contribution in [0, 0.1) is 0 Å². The van der Waals surface area contributed by atoms with Gasteiger partial charge >= 0.3 is 0 Å². The van der Waals surface area contributed by atoms with Crippen LogP contribution in [0.25, 0.3) is 0 Å². The van der Waals surface area contributed by atoms with Crippen molar-refractivity contribution in [2.24, 2.45) is 0 Å². The number of rotatable bonds is 5. The van der Waals surface area contributed by atoms with Crippen LogP contribution < -0.4 is 10.6 Å². The number of thiazole rings is 1.